The molecular formula is C11H14ClFO3S. The summed E-state index contributed by atoms with van der Waals surface area (Å²) in [6.45, 7) is 3.28. The third-order valence-electron chi connectivity index (χ3n) is 2.24. The maximum Gasteiger partial charge on any atom is 0.261 e. The maximum absolute atomic E-state index is 11.9. The fourth-order valence-corrected chi connectivity index (χ4v) is 2.41. The second kappa shape index (κ2) is 5.69. The Kier molecular flexibility index (Phi) is 4.77. The highest BCUT2D eigenvalue weighted by atomic mass is 35.7. The van der Waals surface area contributed by atoms with Crippen molar-refractivity contribution >= 4 is 19.7 Å². The van der Waals surface area contributed by atoms with E-state index in [1.807, 2.05) is 0 Å². The molecule has 0 atom stereocenters. The van der Waals surface area contributed by atoms with E-state index in [4.69, 9.17) is 15.4 Å². The van der Waals surface area contributed by atoms with Gasteiger partial charge in [-0.1, -0.05) is 0 Å². The van der Waals surface area contributed by atoms with Crippen molar-refractivity contribution in [2.45, 2.75) is 25.2 Å². The molecule has 0 heterocycles. The molecule has 0 saturated heterocycles. The molecule has 0 aromatic heterocycles. The van der Waals surface area contributed by atoms with Crippen molar-refractivity contribution in [2.75, 3.05) is 13.3 Å². The van der Waals surface area contributed by atoms with Crippen LogP contribution in [0.5, 0.6) is 5.75 Å². The summed E-state index contributed by atoms with van der Waals surface area (Å²) >= 11 is 0. The first-order valence-electron chi connectivity index (χ1n) is 5.11. The number of alkyl halides is 1. The fraction of sp³-hybridized carbons (Fsp3) is 0.455. The Labute approximate surface area is 105 Å². The van der Waals surface area contributed by atoms with Crippen molar-refractivity contribution in [3.05, 3.63) is 23.3 Å². The van der Waals surface area contributed by atoms with Gasteiger partial charge in [-0.3, -0.25) is 4.39 Å². The van der Waals surface area contributed by atoms with Crippen molar-refractivity contribution < 1.29 is 17.5 Å². The minimum atomic E-state index is -3.73. The van der Waals surface area contributed by atoms with Crippen LogP contribution >= 0.6 is 10.7 Å². The lowest BCUT2D eigenvalue weighted by Crippen LogP contribution is -2.03. The van der Waals surface area contributed by atoms with Crippen LogP contribution in [0.15, 0.2) is 17.0 Å². The third kappa shape index (κ3) is 3.85. The number of ether oxygens (including phenoxy) is 1. The van der Waals surface area contributed by atoms with Gasteiger partial charge in [-0.15, -0.1) is 0 Å². The van der Waals surface area contributed by atoms with Crippen molar-refractivity contribution in [3.8, 4) is 5.75 Å². The van der Waals surface area contributed by atoms with Crippen LogP contribution in [0, 0.1) is 13.8 Å². The largest absolute Gasteiger partial charge is 0.493 e. The summed E-state index contributed by atoms with van der Waals surface area (Å²) in [5.74, 6) is 0.586. The van der Waals surface area contributed by atoms with E-state index in [0.29, 0.717) is 23.3 Å². The molecule has 96 valence electrons. The normalized spacial score (nSPS) is 11.5. The summed E-state index contributed by atoms with van der Waals surface area (Å²) in [4.78, 5) is 0.0482. The second-order valence-electron chi connectivity index (χ2n) is 3.72. The van der Waals surface area contributed by atoms with Gasteiger partial charge in [0.1, 0.15) is 5.75 Å². The van der Waals surface area contributed by atoms with Crippen LogP contribution in [0.2, 0.25) is 0 Å². The van der Waals surface area contributed by atoms with Crippen LogP contribution in [0.3, 0.4) is 0 Å². The lowest BCUT2D eigenvalue weighted by molar-refractivity contribution is 0.286. The zero-order chi connectivity index (χ0) is 13.1. The maximum atomic E-state index is 11.9. The van der Waals surface area contributed by atoms with Gasteiger partial charge >= 0.3 is 0 Å². The molecule has 0 aliphatic heterocycles. The molecule has 0 saturated carbocycles. The van der Waals surface area contributed by atoms with Gasteiger partial charge in [0, 0.05) is 17.1 Å². The Morgan fingerprint density at radius 2 is 1.82 bits per heavy atom. The molecule has 0 aliphatic rings. The molecule has 6 heteroatoms. The summed E-state index contributed by atoms with van der Waals surface area (Å²) in [6.07, 6.45) is 0.314. The lowest BCUT2D eigenvalue weighted by atomic mass is 10.1. The van der Waals surface area contributed by atoms with Gasteiger partial charge < -0.3 is 4.74 Å². The molecule has 0 radical (unpaired) electrons. The summed E-state index contributed by atoms with van der Waals surface area (Å²) < 4.78 is 39.7. The first kappa shape index (κ1) is 14.3. The average Bonchev–Trinajstić information content (AvgIpc) is 2.20. The molecule has 1 rings (SSSR count). The fourth-order valence-electron chi connectivity index (χ4n) is 1.51. The quantitative estimate of drug-likeness (QED) is 0.615. The van der Waals surface area contributed by atoms with E-state index in [-0.39, 0.29) is 11.5 Å². The second-order valence-corrected chi connectivity index (χ2v) is 6.28. The van der Waals surface area contributed by atoms with Crippen molar-refractivity contribution in [3.63, 3.8) is 0 Å². The van der Waals surface area contributed by atoms with Crippen LogP contribution in [-0.4, -0.2) is 21.7 Å². The smallest absolute Gasteiger partial charge is 0.261 e. The minimum Gasteiger partial charge on any atom is -0.493 e. The van der Waals surface area contributed by atoms with E-state index in [2.05, 4.69) is 0 Å². The first-order valence-corrected chi connectivity index (χ1v) is 7.42. The number of rotatable bonds is 5. The molecule has 1 aromatic carbocycles. The highest BCUT2D eigenvalue weighted by Gasteiger charge is 2.14. The van der Waals surface area contributed by atoms with Gasteiger partial charge in [-0.05, 0) is 37.1 Å². The summed E-state index contributed by atoms with van der Waals surface area (Å²) in [7, 11) is 1.53. The van der Waals surface area contributed by atoms with Gasteiger partial charge in [-0.25, -0.2) is 8.42 Å². The van der Waals surface area contributed by atoms with Gasteiger partial charge in [0.05, 0.1) is 18.2 Å². The highest BCUT2D eigenvalue weighted by molar-refractivity contribution is 8.13. The van der Waals surface area contributed by atoms with E-state index in [9.17, 15) is 12.8 Å². The van der Waals surface area contributed by atoms with Crippen molar-refractivity contribution in [2.24, 2.45) is 0 Å². The first-order chi connectivity index (χ1) is 7.86. The third-order valence-corrected chi connectivity index (χ3v) is 3.57. The Balaban J connectivity index is 3.03. The zero-order valence-corrected chi connectivity index (χ0v) is 11.2. The molecule has 0 N–H and O–H groups in total. The number of aryl methyl sites for hydroxylation is 2. The topological polar surface area (TPSA) is 43.4 Å². The Morgan fingerprint density at radius 3 is 2.24 bits per heavy atom. The molecule has 0 fully saturated rings. The van der Waals surface area contributed by atoms with Crippen LogP contribution in [0.4, 0.5) is 4.39 Å². The van der Waals surface area contributed by atoms with Gasteiger partial charge in [0.2, 0.25) is 0 Å². The van der Waals surface area contributed by atoms with Gasteiger partial charge in [0.25, 0.3) is 9.05 Å². The Hall–Kier alpha value is -0.810. The SMILES string of the molecule is Cc1cc(S(=O)(=O)Cl)cc(C)c1OCCCF. The van der Waals surface area contributed by atoms with Crippen molar-refractivity contribution in [1.82, 2.24) is 0 Å². The lowest BCUT2D eigenvalue weighted by Gasteiger charge is -2.12. The molecule has 0 aliphatic carbocycles. The van der Waals surface area contributed by atoms with Crippen molar-refractivity contribution in [1.29, 1.82) is 0 Å². The molecule has 1 aromatic rings. The van der Waals surface area contributed by atoms with E-state index >= 15 is 0 Å². The minimum absolute atomic E-state index is 0.0482. The molecule has 3 nitrogen and oxygen atoms in total. The standard InChI is InChI=1S/C11H14ClFO3S/c1-8-6-10(17(12,14)15)7-9(2)11(8)16-5-3-4-13/h6-7H,3-5H2,1-2H3. The van der Waals surface area contributed by atoms with Gasteiger partial charge in [0.15, 0.2) is 0 Å². The Bertz CT molecular complexity index is 476. The molecule has 0 amide bonds. The van der Waals surface area contributed by atoms with Crippen LogP contribution in [0.25, 0.3) is 0 Å². The van der Waals surface area contributed by atoms with Crippen LogP contribution in [0.1, 0.15) is 17.5 Å². The molecule has 0 bridgehead atoms. The number of halogens is 2. The number of benzene rings is 1. The summed E-state index contributed by atoms with van der Waals surface area (Å²) in [5, 5.41) is 0. The van der Waals surface area contributed by atoms with E-state index in [1.54, 1.807) is 13.8 Å². The predicted molar refractivity (Wildman–Crippen MR) is 65.0 cm³/mol. The molecule has 17 heavy (non-hydrogen) atoms. The van der Waals surface area contributed by atoms with E-state index in [0.717, 1.165) is 0 Å². The molecule has 0 spiro atoms. The number of hydrogen-bond donors (Lipinski definition) is 0. The van der Waals surface area contributed by atoms with Gasteiger partial charge in [-0.2, -0.15) is 0 Å². The monoisotopic (exact) mass is 280 g/mol. The van der Waals surface area contributed by atoms with Crippen LogP contribution in [-0.2, 0) is 9.05 Å². The molecule has 0 unspecified atom stereocenters. The van der Waals surface area contributed by atoms with E-state index in [1.165, 1.54) is 12.1 Å². The summed E-state index contributed by atoms with van der Waals surface area (Å²) in [6, 6.07) is 2.89. The summed E-state index contributed by atoms with van der Waals surface area (Å²) in [5.41, 5.74) is 1.34. The van der Waals surface area contributed by atoms with Crippen LogP contribution < -0.4 is 4.74 Å². The molecular weight excluding hydrogens is 267 g/mol. The predicted octanol–water partition coefficient (Wildman–Crippen LogP) is 2.97. The average molecular weight is 281 g/mol. The number of hydrogen-bond acceptors (Lipinski definition) is 3. The zero-order valence-electron chi connectivity index (χ0n) is 9.66. The highest BCUT2D eigenvalue weighted by Crippen LogP contribution is 2.28. The van der Waals surface area contributed by atoms with E-state index < -0.39 is 15.7 Å². The Morgan fingerprint density at radius 1 is 1.29 bits per heavy atom.